The molecule has 0 amide bonds. The van der Waals surface area contributed by atoms with Crippen LogP contribution >= 0.6 is 0 Å². The van der Waals surface area contributed by atoms with Crippen molar-refractivity contribution in [2.45, 2.75) is 71.6 Å². The summed E-state index contributed by atoms with van der Waals surface area (Å²) in [5.74, 6) is 0. The largest absolute Gasteiger partial charge is 0.298 e. The molecule has 2 rings (SSSR count). The predicted octanol–water partition coefficient (Wildman–Crippen LogP) is 2.27. The van der Waals surface area contributed by atoms with Crippen molar-refractivity contribution in [2.75, 3.05) is 32.7 Å². The quantitative estimate of drug-likeness (QED) is 0.777. The highest BCUT2D eigenvalue weighted by molar-refractivity contribution is 4.88. The first-order valence-corrected chi connectivity index (χ1v) is 8.23. The van der Waals surface area contributed by atoms with Crippen molar-refractivity contribution in [1.82, 2.24) is 14.7 Å². The average molecular weight is 267 g/mol. The van der Waals surface area contributed by atoms with E-state index < -0.39 is 0 Å². The van der Waals surface area contributed by atoms with Crippen LogP contribution in [0.15, 0.2) is 0 Å². The van der Waals surface area contributed by atoms with Gasteiger partial charge in [0.05, 0.1) is 0 Å². The van der Waals surface area contributed by atoms with E-state index in [0.29, 0.717) is 12.1 Å². The highest BCUT2D eigenvalue weighted by atomic mass is 15.3. The van der Waals surface area contributed by atoms with Crippen LogP contribution in [-0.2, 0) is 0 Å². The summed E-state index contributed by atoms with van der Waals surface area (Å²) < 4.78 is 0. The highest BCUT2D eigenvalue weighted by Gasteiger charge is 2.32. The van der Waals surface area contributed by atoms with Crippen molar-refractivity contribution in [2.24, 2.45) is 0 Å². The van der Waals surface area contributed by atoms with Crippen LogP contribution in [0, 0.1) is 0 Å². The maximum absolute atomic E-state index is 2.76. The Balaban J connectivity index is 1.82. The van der Waals surface area contributed by atoms with Crippen LogP contribution < -0.4 is 0 Å². The summed E-state index contributed by atoms with van der Waals surface area (Å²) in [6, 6.07) is 3.00. The molecule has 112 valence electrons. The first-order chi connectivity index (χ1) is 8.99. The molecule has 0 aromatic heterocycles. The van der Waals surface area contributed by atoms with Gasteiger partial charge in [-0.15, -0.1) is 0 Å². The van der Waals surface area contributed by atoms with Gasteiger partial charge in [-0.25, -0.2) is 0 Å². The summed E-state index contributed by atoms with van der Waals surface area (Å²) in [7, 11) is 0. The molecule has 19 heavy (non-hydrogen) atoms. The Morgan fingerprint density at radius 3 is 1.95 bits per heavy atom. The lowest BCUT2D eigenvalue weighted by Crippen LogP contribution is -2.56. The van der Waals surface area contributed by atoms with Crippen molar-refractivity contribution >= 4 is 0 Å². The van der Waals surface area contributed by atoms with Gasteiger partial charge in [-0.2, -0.15) is 0 Å². The Kier molecular flexibility index (Phi) is 5.27. The zero-order valence-electron chi connectivity index (χ0n) is 13.6. The van der Waals surface area contributed by atoms with E-state index in [1.165, 1.54) is 45.6 Å². The lowest BCUT2D eigenvalue weighted by Gasteiger charge is -2.47. The molecule has 0 spiro atoms. The molecule has 2 aliphatic heterocycles. The molecule has 3 heteroatoms. The van der Waals surface area contributed by atoms with Gasteiger partial charge in [-0.1, -0.05) is 0 Å². The fourth-order valence-electron chi connectivity index (χ4n) is 3.88. The van der Waals surface area contributed by atoms with E-state index in [0.717, 1.165) is 12.1 Å². The second kappa shape index (κ2) is 6.55. The van der Waals surface area contributed by atoms with Gasteiger partial charge in [0.1, 0.15) is 0 Å². The molecule has 0 aromatic carbocycles. The average Bonchev–Trinajstić information content (AvgIpc) is 2.38. The predicted molar refractivity (Wildman–Crippen MR) is 82.6 cm³/mol. The van der Waals surface area contributed by atoms with Gasteiger partial charge >= 0.3 is 0 Å². The van der Waals surface area contributed by atoms with Gasteiger partial charge in [0.15, 0.2) is 0 Å². The third-order valence-corrected chi connectivity index (χ3v) is 5.16. The summed E-state index contributed by atoms with van der Waals surface area (Å²) >= 11 is 0. The van der Waals surface area contributed by atoms with Crippen molar-refractivity contribution in [3.63, 3.8) is 0 Å². The molecule has 2 fully saturated rings. The number of piperazine rings is 1. The molecule has 3 nitrogen and oxygen atoms in total. The van der Waals surface area contributed by atoms with Gasteiger partial charge in [-0.3, -0.25) is 14.7 Å². The highest BCUT2D eigenvalue weighted by Crippen LogP contribution is 2.24. The van der Waals surface area contributed by atoms with Crippen LogP contribution in [0.1, 0.15) is 47.5 Å². The first kappa shape index (κ1) is 15.3. The minimum absolute atomic E-state index is 0.703. The fraction of sp³-hybridized carbons (Fsp3) is 1.00. The number of likely N-dealkylation sites (tertiary alicyclic amines) is 1. The molecule has 2 atom stereocenters. The number of nitrogens with zero attached hydrogens (tertiary/aromatic N) is 3. The standard InChI is InChI=1S/C16H33N3/c1-13(2)17-8-10-18(11-9-17)16-6-7-19(14(3)4)15(5)12-16/h13-16H,6-12H2,1-5H3/t15-,16+/m1/s1. The second-order valence-corrected chi connectivity index (χ2v) is 7.02. The molecular weight excluding hydrogens is 234 g/mol. The molecule has 0 saturated carbocycles. The minimum Gasteiger partial charge on any atom is -0.298 e. The topological polar surface area (TPSA) is 9.72 Å². The monoisotopic (exact) mass is 267 g/mol. The molecule has 0 radical (unpaired) electrons. The molecule has 2 aliphatic rings. The van der Waals surface area contributed by atoms with Crippen molar-refractivity contribution in [3.8, 4) is 0 Å². The Labute approximate surface area is 119 Å². The Morgan fingerprint density at radius 2 is 1.47 bits per heavy atom. The number of hydrogen-bond donors (Lipinski definition) is 0. The summed E-state index contributed by atoms with van der Waals surface area (Å²) in [6.07, 6.45) is 2.73. The summed E-state index contributed by atoms with van der Waals surface area (Å²) in [6.45, 7) is 18.1. The van der Waals surface area contributed by atoms with Crippen molar-refractivity contribution < 1.29 is 0 Å². The normalized spacial score (nSPS) is 32.4. The maximum Gasteiger partial charge on any atom is 0.0123 e. The Bertz CT molecular complexity index is 269. The Hall–Kier alpha value is -0.120. The van der Waals surface area contributed by atoms with Crippen LogP contribution in [-0.4, -0.2) is 71.6 Å². The number of hydrogen-bond acceptors (Lipinski definition) is 3. The number of rotatable bonds is 3. The SMILES string of the molecule is CC(C)N1CCN([C@H]2CCN(C(C)C)[C@H](C)C2)CC1. The third-order valence-electron chi connectivity index (χ3n) is 5.16. The smallest absolute Gasteiger partial charge is 0.0123 e. The summed E-state index contributed by atoms with van der Waals surface area (Å²) in [5.41, 5.74) is 0. The van der Waals surface area contributed by atoms with Crippen LogP contribution in [0.25, 0.3) is 0 Å². The van der Waals surface area contributed by atoms with Crippen LogP contribution in [0.3, 0.4) is 0 Å². The Morgan fingerprint density at radius 1 is 0.842 bits per heavy atom. The molecule has 0 aromatic rings. The van der Waals surface area contributed by atoms with Gasteiger partial charge in [0.2, 0.25) is 0 Å². The van der Waals surface area contributed by atoms with Crippen molar-refractivity contribution in [1.29, 1.82) is 0 Å². The minimum atomic E-state index is 0.703. The molecule has 0 bridgehead atoms. The molecule has 2 saturated heterocycles. The molecule has 2 heterocycles. The van der Waals surface area contributed by atoms with Gasteiger partial charge in [0, 0.05) is 56.9 Å². The van der Waals surface area contributed by atoms with E-state index >= 15 is 0 Å². The van der Waals surface area contributed by atoms with E-state index in [-0.39, 0.29) is 0 Å². The summed E-state index contributed by atoms with van der Waals surface area (Å²) in [5, 5.41) is 0. The molecule has 0 unspecified atom stereocenters. The van der Waals surface area contributed by atoms with Crippen molar-refractivity contribution in [3.05, 3.63) is 0 Å². The van der Waals surface area contributed by atoms with Gasteiger partial charge in [0.25, 0.3) is 0 Å². The van der Waals surface area contributed by atoms with E-state index in [1.54, 1.807) is 0 Å². The van der Waals surface area contributed by atoms with Gasteiger partial charge in [-0.05, 0) is 47.5 Å². The molecule has 0 N–H and O–H groups in total. The van der Waals surface area contributed by atoms with E-state index in [1.807, 2.05) is 0 Å². The third kappa shape index (κ3) is 3.71. The van der Waals surface area contributed by atoms with Crippen LogP contribution in [0.2, 0.25) is 0 Å². The van der Waals surface area contributed by atoms with Crippen LogP contribution in [0.4, 0.5) is 0 Å². The lowest BCUT2D eigenvalue weighted by molar-refractivity contribution is 0.0217. The number of piperidine rings is 1. The van der Waals surface area contributed by atoms with E-state index in [9.17, 15) is 0 Å². The second-order valence-electron chi connectivity index (χ2n) is 7.02. The zero-order valence-corrected chi connectivity index (χ0v) is 13.6. The first-order valence-electron chi connectivity index (χ1n) is 8.23. The van der Waals surface area contributed by atoms with E-state index in [2.05, 4.69) is 49.3 Å². The molecular formula is C16H33N3. The van der Waals surface area contributed by atoms with Gasteiger partial charge < -0.3 is 0 Å². The lowest BCUT2D eigenvalue weighted by atomic mass is 9.95. The van der Waals surface area contributed by atoms with Crippen LogP contribution in [0.5, 0.6) is 0 Å². The maximum atomic E-state index is 2.76. The zero-order chi connectivity index (χ0) is 14.0. The summed E-state index contributed by atoms with van der Waals surface area (Å²) in [4.78, 5) is 8.04. The fourth-order valence-corrected chi connectivity index (χ4v) is 3.88. The molecule has 0 aliphatic carbocycles. The van der Waals surface area contributed by atoms with E-state index in [4.69, 9.17) is 0 Å².